The second-order valence-corrected chi connectivity index (χ2v) is 17.7. The lowest BCUT2D eigenvalue weighted by Gasteiger charge is -2.47. The highest BCUT2D eigenvalue weighted by Gasteiger charge is 2.64. The van der Waals surface area contributed by atoms with Gasteiger partial charge in [0.2, 0.25) is 5.79 Å². The van der Waals surface area contributed by atoms with Crippen LogP contribution >= 0.6 is 54.8 Å². The molecule has 1 aliphatic rings. The lowest BCUT2D eigenvalue weighted by Crippen LogP contribution is -2.71. The Morgan fingerprint density at radius 1 is 0.415 bits per heavy atom. The van der Waals surface area contributed by atoms with Crippen LogP contribution in [0.4, 0.5) is 0 Å². The third kappa shape index (κ3) is 12.2. The lowest BCUT2D eigenvalue weighted by molar-refractivity contribution is -0.336. The summed E-state index contributed by atoms with van der Waals surface area (Å²) in [7, 11) is -47.3. The van der Waals surface area contributed by atoms with Gasteiger partial charge in [-0.1, -0.05) is 0 Å². The molecule has 0 heterocycles. The Balaban J connectivity index is 3.81. The number of aliphatic hydroxyl groups excluding tert-OH is 5. The minimum Gasteiger partial charge on any atom is -0.387 e. The van der Waals surface area contributed by atoms with Crippen LogP contribution in [-0.2, 0) is 62.3 Å². The summed E-state index contributed by atoms with van der Waals surface area (Å²) < 4.78 is 107. The van der Waals surface area contributed by atoms with E-state index in [1.165, 1.54) is 0 Å². The van der Waals surface area contributed by atoms with Crippen LogP contribution in [0.3, 0.4) is 0 Å². The highest BCUT2D eigenvalue weighted by molar-refractivity contribution is 7.76. The van der Waals surface area contributed by atoms with Gasteiger partial charge in [-0.15, -0.1) is 0 Å². The van der Waals surface area contributed by atoms with E-state index in [1.54, 1.807) is 0 Å². The summed E-state index contributed by atoms with van der Waals surface area (Å²) in [6, 6.07) is 0. The molecule has 0 amide bonds. The van der Waals surface area contributed by atoms with E-state index in [0.29, 0.717) is 0 Å². The van der Waals surface area contributed by atoms with Crippen molar-refractivity contribution in [1.29, 1.82) is 0 Å². The predicted molar refractivity (Wildman–Crippen MR) is 114 cm³/mol. The minimum atomic E-state index is -7.29. The topological polar surface area (TPSA) is 467 Å². The summed E-state index contributed by atoms with van der Waals surface area (Å²) in [6.45, 7) is 0. The fourth-order valence-corrected chi connectivity index (χ4v) is 12.1. The van der Waals surface area contributed by atoms with Crippen LogP contribution in [0.25, 0.3) is 0 Å². The Morgan fingerprint density at radius 2 is 0.659 bits per heavy atom. The van der Waals surface area contributed by atoms with Crippen LogP contribution in [0.2, 0.25) is 0 Å². The highest BCUT2D eigenvalue weighted by Crippen LogP contribution is 2.82. The molecule has 0 spiro atoms. The average molecular weight is 756 g/mol. The molecule has 0 saturated heterocycles. The maximum Gasteiger partial charge on any atom is 0.501 e. The number of aliphatic hydroxyl groups is 6. The Bertz CT molecular complexity index is 1230. The molecular weight excluding hydrogens is 737 g/mol. The second kappa shape index (κ2) is 12.9. The molecule has 0 aromatic carbocycles. The number of hydrogen-bond acceptors (Lipinski definition) is 20. The van der Waals surface area contributed by atoms with Crippen LogP contribution in [0.1, 0.15) is 0 Å². The molecule has 1 saturated carbocycles. The standard InChI is InChI=1S/C6H19O28P7/c7-1-2(8)4(10)6(12,5(11)3(1)9)28-39(25,29-35(13,14)15)33-41(27,32-38(22,23)24)34-40(26,30-36(16,17)18)31-37(19,20)21/h1-5,7-12H,(H2,13,14,15)(H2,16,17,18)(H2,19,20,21)(H2,22,23,24)/t1?,2-,3+,4-,5-,6?,39?,41?/m1/s1. The van der Waals surface area contributed by atoms with Crippen LogP contribution < -0.4 is 0 Å². The van der Waals surface area contributed by atoms with Gasteiger partial charge in [0, 0.05) is 0 Å². The molecule has 8 atom stereocenters. The molecular formula is C6H19O28P7. The van der Waals surface area contributed by atoms with Crippen molar-refractivity contribution in [3.63, 3.8) is 0 Å². The Kier molecular flexibility index (Phi) is 12.5. The lowest BCUT2D eigenvalue weighted by atomic mass is 9.82. The molecule has 0 radical (unpaired) electrons. The molecule has 1 aliphatic carbocycles. The van der Waals surface area contributed by atoms with Crippen LogP contribution in [0.5, 0.6) is 0 Å². The average Bonchev–Trinajstić information content (AvgIpc) is 2.62. The van der Waals surface area contributed by atoms with E-state index < -0.39 is 91.1 Å². The number of rotatable bonds is 14. The zero-order chi connectivity index (χ0) is 32.8. The zero-order valence-electron chi connectivity index (χ0n) is 18.5. The van der Waals surface area contributed by atoms with E-state index in [4.69, 9.17) is 39.1 Å². The molecule has 246 valence electrons. The Hall–Kier alpha value is 0.770. The van der Waals surface area contributed by atoms with E-state index >= 15 is 0 Å². The van der Waals surface area contributed by atoms with Gasteiger partial charge in [-0.3, -0.25) is 0 Å². The van der Waals surface area contributed by atoms with E-state index in [-0.39, 0.29) is 0 Å². The van der Waals surface area contributed by atoms with Gasteiger partial charge in [-0.05, 0) is 0 Å². The van der Waals surface area contributed by atoms with Crippen molar-refractivity contribution in [2.75, 3.05) is 0 Å². The summed E-state index contributed by atoms with van der Waals surface area (Å²) in [6.07, 6.45) is -14.7. The molecule has 0 aliphatic heterocycles. The third-order valence-electron chi connectivity index (χ3n) is 3.68. The summed E-state index contributed by atoms with van der Waals surface area (Å²) >= 11 is 0. The third-order valence-corrected chi connectivity index (χ3v) is 14.0. The van der Waals surface area contributed by atoms with E-state index in [0.717, 1.165) is 0 Å². The quantitative estimate of drug-likeness (QED) is 0.0599. The van der Waals surface area contributed by atoms with Gasteiger partial charge in [0.15, 0.2) is 0 Å². The molecule has 14 N–H and O–H groups in total. The van der Waals surface area contributed by atoms with E-state index in [1.807, 2.05) is 0 Å². The first-order valence-corrected chi connectivity index (χ1v) is 19.4. The summed E-state index contributed by atoms with van der Waals surface area (Å²) in [5, 5.41) is 59.2. The van der Waals surface area contributed by atoms with Crippen molar-refractivity contribution in [1.82, 2.24) is 0 Å². The summed E-state index contributed by atoms with van der Waals surface area (Å²) in [4.78, 5) is 70.9. The number of phosphoric acid groups is 7. The molecule has 0 aromatic rings. The normalized spacial score (nSPS) is 31.8. The Labute approximate surface area is 223 Å². The monoisotopic (exact) mass is 756 g/mol. The van der Waals surface area contributed by atoms with E-state index in [2.05, 4.69) is 30.4 Å². The fraction of sp³-hybridized carbons (Fsp3) is 1.00. The van der Waals surface area contributed by atoms with Gasteiger partial charge in [0.25, 0.3) is 0 Å². The first-order valence-electron chi connectivity index (χ1n) is 8.88. The van der Waals surface area contributed by atoms with Crippen molar-refractivity contribution in [3.8, 4) is 0 Å². The first-order chi connectivity index (χ1) is 17.7. The van der Waals surface area contributed by atoms with Gasteiger partial charge < -0.3 is 69.8 Å². The van der Waals surface area contributed by atoms with Crippen molar-refractivity contribution < 1.29 is 132 Å². The highest BCUT2D eigenvalue weighted by atomic mass is 31.3. The Morgan fingerprint density at radius 3 is 0.951 bits per heavy atom. The summed E-state index contributed by atoms with van der Waals surface area (Å²) in [5.74, 6) is -4.34. The fourth-order valence-electron chi connectivity index (χ4n) is 2.43. The van der Waals surface area contributed by atoms with Crippen molar-refractivity contribution in [3.05, 3.63) is 0 Å². The van der Waals surface area contributed by atoms with Crippen LogP contribution in [0, 0.1) is 0 Å². The van der Waals surface area contributed by atoms with Crippen molar-refractivity contribution >= 4 is 54.8 Å². The van der Waals surface area contributed by atoms with Crippen molar-refractivity contribution in [2.45, 2.75) is 36.3 Å². The van der Waals surface area contributed by atoms with E-state index in [9.17, 15) is 62.6 Å². The molecule has 0 bridgehead atoms. The SMILES string of the molecule is O=P(O)(O)OP(=O)(OC1(O)[C@H](O)[C@H](O)C(O)[C@H](O)[C@H]1O)OP(=O)(OP(=O)(O)O)OP(=O)(OP(=O)(O)O)OP(=O)(O)O. The maximum absolute atomic E-state index is 13.0. The maximum atomic E-state index is 13.0. The van der Waals surface area contributed by atoms with Gasteiger partial charge >= 0.3 is 54.8 Å². The van der Waals surface area contributed by atoms with Gasteiger partial charge in [0.05, 0.1) is 0 Å². The predicted octanol–water partition coefficient (Wildman–Crippen LogP) is -3.70. The largest absolute Gasteiger partial charge is 0.501 e. The van der Waals surface area contributed by atoms with Gasteiger partial charge in [0.1, 0.15) is 30.5 Å². The molecule has 28 nitrogen and oxygen atoms in total. The molecule has 1 fully saturated rings. The first kappa shape index (κ1) is 39.8. The van der Waals surface area contributed by atoms with Crippen LogP contribution in [-0.4, -0.2) is 106 Å². The van der Waals surface area contributed by atoms with Crippen LogP contribution in [0.15, 0.2) is 0 Å². The van der Waals surface area contributed by atoms with Crippen molar-refractivity contribution in [2.24, 2.45) is 0 Å². The minimum absolute atomic E-state index is 2.57. The molecule has 41 heavy (non-hydrogen) atoms. The summed E-state index contributed by atoms with van der Waals surface area (Å²) in [5.41, 5.74) is 0. The molecule has 0 aromatic heterocycles. The second-order valence-electron chi connectivity index (χ2n) is 7.00. The van der Waals surface area contributed by atoms with Gasteiger partial charge in [-0.25, -0.2) is 36.5 Å². The molecule has 35 heteroatoms. The zero-order valence-corrected chi connectivity index (χ0v) is 24.8. The van der Waals surface area contributed by atoms with Gasteiger partial charge in [-0.2, -0.15) is 25.9 Å². The molecule has 1 rings (SSSR count). The number of hydrogen-bond donors (Lipinski definition) is 14. The smallest absolute Gasteiger partial charge is 0.387 e. The molecule has 4 unspecified atom stereocenters.